The van der Waals surface area contributed by atoms with E-state index in [9.17, 15) is 9.59 Å². The molecule has 2 heterocycles. The minimum Gasteiger partial charge on any atom is -0.497 e. The zero-order valence-electron chi connectivity index (χ0n) is 15.8. The topological polar surface area (TPSA) is 91.9 Å². The molecule has 0 radical (unpaired) electrons. The average molecular weight is 401 g/mol. The first kappa shape index (κ1) is 18.7. The van der Waals surface area contributed by atoms with Gasteiger partial charge < -0.3 is 20.0 Å². The number of nitrogens with one attached hydrogen (secondary N) is 3. The zero-order valence-corrected chi connectivity index (χ0v) is 16.7. The molecule has 1 fully saturated rings. The van der Waals surface area contributed by atoms with Crippen molar-refractivity contribution in [2.24, 2.45) is 0 Å². The summed E-state index contributed by atoms with van der Waals surface area (Å²) in [5.41, 5.74) is 1.71. The lowest BCUT2D eigenvalue weighted by molar-refractivity contribution is -0.122. The first-order valence-electron chi connectivity index (χ1n) is 9.68. The second-order valence-corrected chi connectivity index (χ2v) is 7.71. The van der Waals surface area contributed by atoms with Gasteiger partial charge in [0.2, 0.25) is 5.91 Å². The van der Waals surface area contributed by atoms with Crippen molar-refractivity contribution in [1.29, 1.82) is 0 Å². The SMILES string of the molecule is COc1ccc2[nH]c3c(=O)n(CCC(=O)NC4CCCCC4)c(=S)[nH]c3c2c1. The normalized spacial score (nSPS) is 15.2. The molecule has 0 unspecified atom stereocenters. The molecular weight excluding hydrogens is 376 g/mol. The fourth-order valence-corrected chi connectivity index (χ4v) is 4.23. The summed E-state index contributed by atoms with van der Waals surface area (Å²) in [6.45, 7) is 0.251. The van der Waals surface area contributed by atoms with E-state index in [0.29, 0.717) is 21.6 Å². The molecule has 0 bridgehead atoms. The standard InChI is InChI=1S/C20H24N4O3S/c1-27-13-7-8-15-14(11-13)17-18(22-15)19(26)24(20(28)23-17)10-9-16(25)21-12-5-3-2-4-6-12/h7-8,11-12,22H,2-6,9-10H2,1H3,(H,21,25)(H,23,28). The summed E-state index contributed by atoms with van der Waals surface area (Å²) in [6, 6.07) is 5.83. The van der Waals surface area contributed by atoms with Crippen molar-refractivity contribution in [2.45, 2.75) is 51.1 Å². The molecule has 3 aromatic rings. The summed E-state index contributed by atoms with van der Waals surface area (Å²) in [6.07, 6.45) is 5.88. The Hall–Kier alpha value is -2.61. The van der Waals surface area contributed by atoms with Gasteiger partial charge in [-0.15, -0.1) is 0 Å². The fourth-order valence-electron chi connectivity index (χ4n) is 3.95. The fraction of sp³-hybridized carbons (Fsp3) is 0.450. The average Bonchev–Trinajstić information content (AvgIpc) is 3.06. The van der Waals surface area contributed by atoms with E-state index in [4.69, 9.17) is 17.0 Å². The summed E-state index contributed by atoms with van der Waals surface area (Å²) < 4.78 is 7.03. The van der Waals surface area contributed by atoms with Crippen LogP contribution in [0.5, 0.6) is 5.75 Å². The zero-order chi connectivity index (χ0) is 19.7. The Kier molecular flexibility index (Phi) is 5.21. The third kappa shape index (κ3) is 3.56. The largest absolute Gasteiger partial charge is 0.497 e. The molecule has 1 aliphatic rings. The van der Waals surface area contributed by atoms with Crippen LogP contribution in [0, 0.1) is 4.77 Å². The Morgan fingerprint density at radius 3 is 2.79 bits per heavy atom. The van der Waals surface area contributed by atoms with Crippen LogP contribution < -0.4 is 15.6 Å². The molecule has 0 saturated heterocycles. The van der Waals surface area contributed by atoms with Gasteiger partial charge in [0.1, 0.15) is 11.3 Å². The molecule has 7 nitrogen and oxygen atoms in total. The maximum atomic E-state index is 13.0. The molecule has 4 rings (SSSR count). The molecule has 3 N–H and O–H groups in total. The Morgan fingerprint density at radius 1 is 1.25 bits per heavy atom. The van der Waals surface area contributed by atoms with Crippen molar-refractivity contribution in [2.75, 3.05) is 7.11 Å². The predicted octanol–water partition coefficient (Wildman–Crippen LogP) is 3.39. The van der Waals surface area contributed by atoms with Crippen molar-refractivity contribution in [1.82, 2.24) is 19.9 Å². The van der Waals surface area contributed by atoms with Gasteiger partial charge in [-0.25, -0.2) is 0 Å². The quantitative estimate of drug-likeness (QED) is 0.573. The number of ether oxygens (including phenoxy) is 1. The molecule has 148 valence electrons. The van der Waals surface area contributed by atoms with E-state index in [0.717, 1.165) is 36.6 Å². The van der Waals surface area contributed by atoms with Gasteiger partial charge >= 0.3 is 0 Å². The van der Waals surface area contributed by atoms with Crippen molar-refractivity contribution >= 4 is 40.1 Å². The number of rotatable bonds is 5. The number of amides is 1. The smallest absolute Gasteiger partial charge is 0.278 e. The lowest BCUT2D eigenvalue weighted by Gasteiger charge is -2.22. The summed E-state index contributed by atoms with van der Waals surface area (Å²) in [4.78, 5) is 31.5. The minimum absolute atomic E-state index is 0.0327. The Labute approximate surface area is 167 Å². The second-order valence-electron chi connectivity index (χ2n) is 7.33. The van der Waals surface area contributed by atoms with Gasteiger partial charge in [-0.05, 0) is 43.3 Å². The Balaban J connectivity index is 1.59. The van der Waals surface area contributed by atoms with E-state index in [1.165, 1.54) is 11.0 Å². The number of benzene rings is 1. The molecule has 8 heteroatoms. The van der Waals surface area contributed by atoms with Crippen molar-refractivity contribution in [3.8, 4) is 5.75 Å². The van der Waals surface area contributed by atoms with Gasteiger partial charge in [0.15, 0.2) is 4.77 Å². The molecule has 0 aliphatic heterocycles. The summed E-state index contributed by atoms with van der Waals surface area (Å²) in [5, 5.41) is 3.93. The van der Waals surface area contributed by atoms with Crippen molar-refractivity contribution < 1.29 is 9.53 Å². The van der Waals surface area contributed by atoms with Crippen LogP contribution in [0.2, 0.25) is 0 Å². The van der Waals surface area contributed by atoms with Crippen LogP contribution in [-0.4, -0.2) is 33.6 Å². The third-order valence-corrected chi connectivity index (χ3v) is 5.80. The van der Waals surface area contributed by atoms with E-state index in [-0.39, 0.29) is 30.5 Å². The highest BCUT2D eigenvalue weighted by atomic mass is 32.1. The van der Waals surface area contributed by atoms with Gasteiger partial charge in [0, 0.05) is 29.9 Å². The number of fused-ring (bicyclic) bond motifs is 3. The first-order chi connectivity index (χ1) is 13.6. The number of nitrogens with zero attached hydrogens (tertiary/aromatic N) is 1. The summed E-state index contributed by atoms with van der Waals surface area (Å²) >= 11 is 5.40. The highest BCUT2D eigenvalue weighted by molar-refractivity contribution is 7.71. The number of carbonyl (C=O) groups is 1. The van der Waals surface area contributed by atoms with Gasteiger partial charge in [-0.2, -0.15) is 0 Å². The number of methoxy groups -OCH3 is 1. The monoisotopic (exact) mass is 400 g/mol. The van der Waals surface area contributed by atoms with Crippen LogP contribution in [0.4, 0.5) is 0 Å². The number of aromatic amines is 2. The highest BCUT2D eigenvalue weighted by Crippen LogP contribution is 2.25. The van der Waals surface area contributed by atoms with E-state index >= 15 is 0 Å². The van der Waals surface area contributed by atoms with Gasteiger partial charge in [0.05, 0.1) is 12.6 Å². The van der Waals surface area contributed by atoms with E-state index in [2.05, 4.69) is 15.3 Å². The number of carbonyl (C=O) groups excluding carboxylic acids is 1. The highest BCUT2D eigenvalue weighted by Gasteiger charge is 2.17. The molecule has 0 atom stereocenters. The minimum atomic E-state index is -0.223. The third-order valence-electron chi connectivity index (χ3n) is 5.47. The lowest BCUT2D eigenvalue weighted by Crippen LogP contribution is -2.37. The van der Waals surface area contributed by atoms with Crippen molar-refractivity contribution in [3.05, 3.63) is 33.3 Å². The summed E-state index contributed by atoms with van der Waals surface area (Å²) in [7, 11) is 1.60. The van der Waals surface area contributed by atoms with Crippen LogP contribution in [0.15, 0.2) is 23.0 Å². The van der Waals surface area contributed by atoms with Crippen LogP contribution in [0.1, 0.15) is 38.5 Å². The maximum Gasteiger partial charge on any atom is 0.278 e. The molecule has 1 aliphatic carbocycles. The van der Waals surface area contributed by atoms with Crippen LogP contribution in [0.3, 0.4) is 0 Å². The van der Waals surface area contributed by atoms with Gasteiger partial charge in [-0.1, -0.05) is 19.3 Å². The number of aromatic nitrogens is 3. The molecule has 0 spiro atoms. The lowest BCUT2D eigenvalue weighted by atomic mass is 9.95. The van der Waals surface area contributed by atoms with Crippen LogP contribution in [0.25, 0.3) is 21.9 Å². The number of hydrogen-bond acceptors (Lipinski definition) is 4. The molecule has 1 aromatic carbocycles. The van der Waals surface area contributed by atoms with Crippen LogP contribution >= 0.6 is 12.2 Å². The Bertz CT molecular complexity index is 1140. The molecular formula is C20H24N4O3S. The predicted molar refractivity (Wildman–Crippen MR) is 111 cm³/mol. The van der Waals surface area contributed by atoms with Crippen LogP contribution in [-0.2, 0) is 11.3 Å². The summed E-state index contributed by atoms with van der Waals surface area (Å²) in [5.74, 6) is 0.672. The van der Waals surface area contributed by atoms with Gasteiger partial charge in [-0.3, -0.25) is 14.2 Å². The number of hydrogen-bond donors (Lipinski definition) is 3. The van der Waals surface area contributed by atoms with E-state index in [1.54, 1.807) is 7.11 Å². The molecule has 1 amide bonds. The second kappa shape index (κ2) is 7.79. The van der Waals surface area contributed by atoms with E-state index < -0.39 is 0 Å². The van der Waals surface area contributed by atoms with E-state index in [1.807, 2.05) is 18.2 Å². The first-order valence-corrected chi connectivity index (χ1v) is 10.1. The molecule has 2 aromatic heterocycles. The maximum absolute atomic E-state index is 13.0. The Morgan fingerprint density at radius 2 is 2.04 bits per heavy atom. The molecule has 1 saturated carbocycles. The molecule has 28 heavy (non-hydrogen) atoms. The van der Waals surface area contributed by atoms with Gasteiger partial charge in [0.25, 0.3) is 5.56 Å². The van der Waals surface area contributed by atoms with Crippen molar-refractivity contribution in [3.63, 3.8) is 0 Å². The number of H-pyrrole nitrogens is 2.